The van der Waals surface area contributed by atoms with Gasteiger partial charge in [-0.05, 0) is 69.9 Å². The van der Waals surface area contributed by atoms with Gasteiger partial charge in [-0.2, -0.15) is 0 Å². The third kappa shape index (κ3) is 8.89. The maximum atomic E-state index is 11.3. The molecule has 1 rings (SSSR count). The van der Waals surface area contributed by atoms with Gasteiger partial charge in [0.2, 0.25) is 0 Å². The molecule has 0 saturated heterocycles. The molecule has 0 aromatic rings. The lowest BCUT2D eigenvalue weighted by Crippen LogP contribution is -2.39. The average molecular weight is 396 g/mol. The topological polar surface area (TPSA) is 78.8 Å². The summed E-state index contributed by atoms with van der Waals surface area (Å²) in [5, 5.41) is 22.6. The van der Waals surface area contributed by atoms with E-state index in [-0.39, 0.29) is 6.42 Å². The fraction of sp³-hybridized carbons (Fsp3) is 0.783. The number of hydrogen-bond acceptors (Lipinski definition) is 5. The van der Waals surface area contributed by atoms with Crippen LogP contribution in [0.4, 0.5) is 0 Å². The van der Waals surface area contributed by atoms with Gasteiger partial charge >= 0.3 is 5.97 Å². The number of nitrogens with one attached hydrogen (secondary N) is 1. The SMILES string of the molecule is CCCCCC/C=C/[C@@H]1[C@@H](C/C=C\CCC(O)(O)C(=O)OC)CC[C@H]1CNC. The average Bonchev–Trinajstić information content (AvgIpc) is 3.05. The van der Waals surface area contributed by atoms with Gasteiger partial charge in [0.1, 0.15) is 0 Å². The van der Waals surface area contributed by atoms with Crippen LogP contribution in [0.3, 0.4) is 0 Å². The molecule has 0 amide bonds. The molecule has 1 saturated carbocycles. The highest BCUT2D eigenvalue weighted by Crippen LogP contribution is 2.40. The molecule has 0 spiro atoms. The Morgan fingerprint density at radius 2 is 1.86 bits per heavy atom. The van der Waals surface area contributed by atoms with Crippen molar-refractivity contribution < 1.29 is 19.7 Å². The summed E-state index contributed by atoms with van der Waals surface area (Å²) >= 11 is 0. The van der Waals surface area contributed by atoms with Gasteiger partial charge < -0.3 is 20.3 Å². The van der Waals surface area contributed by atoms with Gasteiger partial charge in [0.15, 0.2) is 0 Å². The number of hydrogen-bond donors (Lipinski definition) is 3. The molecular formula is C23H41NO4. The number of ether oxygens (including phenoxy) is 1. The largest absolute Gasteiger partial charge is 0.465 e. The molecule has 1 aliphatic rings. The number of aliphatic hydroxyl groups is 2. The standard InChI is InChI=1S/C23H41NO4/c1-4-5-6-7-8-11-14-21-19(15-16-20(21)18-24-2)13-10-9-12-17-23(26,27)22(25)28-3/h9-11,14,19-21,24,26-27H,4-8,12-13,15-18H2,1-3H3/b10-9-,14-11+/t19-,20-,21+/m0/s1. The van der Waals surface area contributed by atoms with Crippen LogP contribution < -0.4 is 5.32 Å². The van der Waals surface area contributed by atoms with Crippen molar-refractivity contribution in [3.8, 4) is 0 Å². The van der Waals surface area contributed by atoms with Crippen LogP contribution in [0.25, 0.3) is 0 Å². The molecule has 0 unspecified atom stereocenters. The van der Waals surface area contributed by atoms with Crippen LogP contribution in [0.5, 0.6) is 0 Å². The molecule has 0 radical (unpaired) electrons. The van der Waals surface area contributed by atoms with Crippen LogP contribution in [-0.2, 0) is 9.53 Å². The second-order valence-electron chi connectivity index (χ2n) is 8.06. The molecule has 0 bridgehead atoms. The van der Waals surface area contributed by atoms with Crippen LogP contribution in [-0.4, -0.2) is 42.7 Å². The summed E-state index contributed by atoms with van der Waals surface area (Å²) < 4.78 is 4.39. The summed E-state index contributed by atoms with van der Waals surface area (Å²) in [6.07, 6.45) is 19.1. The van der Waals surface area contributed by atoms with Gasteiger partial charge in [0, 0.05) is 6.42 Å². The summed E-state index contributed by atoms with van der Waals surface area (Å²) in [6, 6.07) is 0. The van der Waals surface area contributed by atoms with E-state index in [1.807, 2.05) is 13.1 Å². The Kier molecular flexibility index (Phi) is 12.4. The second kappa shape index (κ2) is 13.9. The molecule has 1 aliphatic carbocycles. The van der Waals surface area contributed by atoms with Crippen molar-refractivity contribution in [2.75, 3.05) is 20.7 Å². The van der Waals surface area contributed by atoms with Crippen molar-refractivity contribution in [2.45, 2.75) is 76.9 Å². The quantitative estimate of drug-likeness (QED) is 0.180. The predicted molar refractivity (Wildman–Crippen MR) is 114 cm³/mol. The third-order valence-corrected chi connectivity index (χ3v) is 5.82. The maximum Gasteiger partial charge on any atom is 0.366 e. The highest BCUT2D eigenvalue weighted by atomic mass is 16.6. The van der Waals surface area contributed by atoms with Gasteiger partial charge in [-0.15, -0.1) is 0 Å². The van der Waals surface area contributed by atoms with E-state index in [1.54, 1.807) is 0 Å². The molecule has 162 valence electrons. The van der Waals surface area contributed by atoms with E-state index in [0.717, 1.165) is 20.1 Å². The monoisotopic (exact) mass is 395 g/mol. The van der Waals surface area contributed by atoms with Crippen LogP contribution >= 0.6 is 0 Å². The molecule has 3 N–H and O–H groups in total. The summed E-state index contributed by atoms with van der Waals surface area (Å²) in [5.74, 6) is -1.47. The molecular weight excluding hydrogens is 354 g/mol. The second-order valence-corrected chi connectivity index (χ2v) is 8.06. The zero-order chi connectivity index (χ0) is 20.8. The van der Waals surface area contributed by atoms with E-state index in [9.17, 15) is 15.0 Å². The lowest BCUT2D eigenvalue weighted by atomic mass is 9.86. The number of unbranched alkanes of at least 4 members (excludes halogenated alkanes) is 4. The minimum Gasteiger partial charge on any atom is -0.465 e. The summed E-state index contributed by atoms with van der Waals surface area (Å²) in [5.41, 5.74) is 0. The van der Waals surface area contributed by atoms with E-state index in [0.29, 0.717) is 24.2 Å². The molecule has 0 aliphatic heterocycles. The maximum absolute atomic E-state index is 11.3. The van der Waals surface area contributed by atoms with Crippen molar-refractivity contribution >= 4 is 5.97 Å². The zero-order valence-corrected chi connectivity index (χ0v) is 18.0. The lowest BCUT2D eigenvalue weighted by molar-refractivity contribution is -0.208. The first kappa shape index (κ1) is 24.9. The van der Waals surface area contributed by atoms with Crippen molar-refractivity contribution in [1.29, 1.82) is 0 Å². The Balaban J connectivity index is 2.47. The molecule has 0 aromatic carbocycles. The highest BCUT2D eigenvalue weighted by Gasteiger charge is 2.34. The first-order valence-corrected chi connectivity index (χ1v) is 11.0. The number of rotatable bonds is 14. The van der Waals surface area contributed by atoms with Crippen LogP contribution in [0.2, 0.25) is 0 Å². The van der Waals surface area contributed by atoms with Crippen LogP contribution in [0.1, 0.15) is 71.1 Å². The van der Waals surface area contributed by atoms with E-state index < -0.39 is 11.8 Å². The van der Waals surface area contributed by atoms with E-state index in [1.165, 1.54) is 44.9 Å². The lowest BCUT2D eigenvalue weighted by Gasteiger charge is -2.21. The molecule has 5 heteroatoms. The van der Waals surface area contributed by atoms with Crippen molar-refractivity contribution in [3.63, 3.8) is 0 Å². The number of methoxy groups -OCH3 is 1. The number of allylic oxidation sites excluding steroid dienone is 4. The van der Waals surface area contributed by atoms with E-state index >= 15 is 0 Å². The predicted octanol–water partition coefficient (Wildman–Crippen LogP) is 3.96. The van der Waals surface area contributed by atoms with Gasteiger partial charge in [-0.1, -0.05) is 50.5 Å². The van der Waals surface area contributed by atoms with Crippen molar-refractivity contribution in [3.05, 3.63) is 24.3 Å². The number of esters is 1. The Hall–Kier alpha value is -1.17. The Morgan fingerprint density at radius 1 is 1.11 bits per heavy atom. The third-order valence-electron chi connectivity index (χ3n) is 5.82. The van der Waals surface area contributed by atoms with E-state index in [2.05, 4.69) is 35.2 Å². The minimum atomic E-state index is -2.40. The van der Waals surface area contributed by atoms with Gasteiger partial charge in [0.05, 0.1) is 7.11 Å². The molecule has 0 aromatic heterocycles. The number of carbonyl (C=O) groups excluding carboxylic acids is 1. The fourth-order valence-electron chi connectivity index (χ4n) is 4.17. The Morgan fingerprint density at radius 3 is 2.54 bits per heavy atom. The molecule has 1 fully saturated rings. The van der Waals surface area contributed by atoms with Crippen molar-refractivity contribution in [1.82, 2.24) is 5.32 Å². The summed E-state index contributed by atoms with van der Waals surface area (Å²) in [6.45, 7) is 3.30. The Labute approximate surface area is 171 Å². The first-order chi connectivity index (χ1) is 13.5. The molecule has 5 nitrogen and oxygen atoms in total. The fourth-order valence-corrected chi connectivity index (χ4v) is 4.17. The highest BCUT2D eigenvalue weighted by molar-refractivity contribution is 5.76. The summed E-state index contributed by atoms with van der Waals surface area (Å²) in [4.78, 5) is 11.3. The van der Waals surface area contributed by atoms with E-state index in [4.69, 9.17) is 0 Å². The normalized spacial score (nSPS) is 23.1. The molecule has 0 heterocycles. The number of carbonyl (C=O) groups is 1. The van der Waals surface area contributed by atoms with Crippen LogP contribution in [0.15, 0.2) is 24.3 Å². The Bertz CT molecular complexity index is 487. The van der Waals surface area contributed by atoms with Gasteiger partial charge in [0.25, 0.3) is 5.79 Å². The first-order valence-electron chi connectivity index (χ1n) is 11.0. The summed E-state index contributed by atoms with van der Waals surface area (Å²) in [7, 11) is 3.18. The molecule has 3 atom stereocenters. The molecule has 28 heavy (non-hydrogen) atoms. The smallest absolute Gasteiger partial charge is 0.366 e. The minimum absolute atomic E-state index is 0.0513. The van der Waals surface area contributed by atoms with Crippen LogP contribution in [0, 0.1) is 17.8 Å². The van der Waals surface area contributed by atoms with Gasteiger partial charge in [-0.3, -0.25) is 0 Å². The van der Waals surface area contributed by atoms with Crippen molar-refractivity contribution in [2.24, 2.45) is 17.8 Å². The van der Waals surface area contributed by atoms with Gasteiger partial charge in [-0.25, -0.2) is 4.79 Å². The zero-order valence-electron chi connectivity index (χ0n) is 18.0.